The molecule has 2 aromatic carbocycles. The second-order valence-corrected chi connectivity index (χ2v) is 6.57. The SMILES string of the molecule is Cc1cc2c(c3ccccc13)CCc1[se]nnc1-2. The second-order valence-electron chi connectivity index (χ2n) is 4.81. The molecule has 1 aromatic heterocycles. The zero-order valence-electron chi connectivity index (χ0n) is 10.1. The van der Waals surface area contributed by atoms with E-state index < -0.39 is 0 Å². The van der Waals surface area contributed by atoms with Crippen molar-refractivity contribution < 1.29 is 0 Å². The molecular weight excluding hydrogens is 287 g/mol. The summed E-state index contributed by atoms with van der Waals surface area (Å²) in [5.74, 6) is 0. The van der Waals surface area contributed by atoms with Crippen molar-refractivity contribution in [2.24, 2.45) is 0 Å². The summed E-state index contributed by atoms with van der Waals surface area (Å²) >= 11 is 0.257. The van der Waals surface area contributed by atoms with E-state index in [1.54, 1.807) is 0 Å². The number of rotatable bonds is 0. The monoisotopic (exact) mass is 300 g/mol. The molecule has 0 unspecified atom stereocenters. The van der Waals surface area contributed by atoms with Gasteiger partial charge in [0.15, 0.2) is 0 Å². The van der Waals surface area contributed by atoms with Crippen LogP contribution in [0.15, 0.2) is 30.3 Å². The Balaban J connectivity index is 2.15. The Morgan fingerprint density at radius 3 is 2.83 bits per heavy atom. The van der Waals surface area contributed by atoms with Crippen LogP contribution in [0.5, 0.6) is 0 Å². The number of aromatic nitrogens is 2. The molecule has 88 valence electrons. The summed E-state index contributed by atoms with van der Waals surface area (Å²) in [6.07, 6.45) is 2.28. The molecule has 2 nitrogen and oxygen atoms in total. The maximum absolute atomic E-state index is 4.38. The van der Waals surface area contributed by atoms with Crippen LogP contribution in [0.4, 0.5) is 0 Å². The van der Waals surface area contributed by atoms with Gasteiger partial charge in [0.05, 0.1) is 0 Å². The zero-order chi connectivity index (χ0) is 12.1. The van der Waals surface area contributed by atoms with E-state index in [1.807, 2.05) is 0 Å². The Labute approximate surface area is 112 Å². The van der Waals surface area contributed by atoms with Crippen LogP contribution < -0.4 is 0 Å². The van der Waals surface area contributed by atoms with E-state index in [-0.39, 0.29) is 14.7 Å². The van der Waals surface area contributed by atoms with Crippen LogP contribution in [0.3, 0.4) is 0 Å². The van der Waals surface area contributed by atoms with Gasteiger partial charge in [-0.3, -0.25) is 0 Å². The Hall–Kier alpha value is -1.44. The molecule has 0 fully saturated rings. The molecule has 0 aliphatic heterocycles. The molecule has 3 aromatic rings. The van der Waals surface area contributed by atoms with Crippen LogP contribution in [0, 0.1) is 6.92 Å². The number of hydrogen-bond donors (Lipinski definition) is 0. The third-order valence-corrected chi connectivity index (χ3v) is 5.42. The third kappa shape index (κ3) is 1.35. The first kappa shape index (κ1) is 10.5. The first-order valence-electron chi connectivity index (χ1n) is 6.17. The number of benzene rings is 2. The third-order valence-electron chi connectivity index (χ3n) is 3.78. The summed E-state index contributed by atoms with van der Waals surface area (Å²) in [6, 6.07) is 11.0. The van der Waals surface area contributed by atoms with Crippen molar-refractivity contribution >= 4 is 25.5 Å². The van der Waals surface area contributed by atoms with E-state index in [2.05, 4.69) is 46.4 Å². The average molecular weight is 299 g/mol. The van der Waals surface area contributed by atoms with Crippen molar-refractivity contribution in [3.05, 3.63) is 45.9 Å². The minimum absolute atomic E-state index is 0.257. The van der Waals surface area contributed by atoms with Crippen molar-refractivity contribution in [3.63, 3.8) is 0 Å². The summed E-state index contributed by atoms with van der Waals surface area (Å²) in [6.45, 7) is 2.19. The van der Waals surface area contributed by atoms with E-state index in [0.717, 1.165) is 12.8 Å². The molecule has 1 heterocycles. The fraction of sp³-hybridized carbons (Fsp3) is 0.200. The average Bonchev–Trinajstić information content (AvgIpc) is 2.88. The molecule has 0 atom stereocenters. The number of fused-ring (bicyclic) bond motifs is 5. The standard InChI is InChI=1S/C15H12N2Se/c1-9-8-13-12(11-5-3-2-4-10(9)11)6-7-14-15(13)16-17-18-14/h2-5,8H,6-7H2,1H3. The van der Waals surface area contributed by atoms with Gasteiger partial charge in [0.2, 0.25) is 0 Å². The fourth-order valence-electron chi connectivity index (χ4n) is 2.91. The van der Waals surface area contributed by atoms with E-state index >= 15 is 0 Å². The van der Waals surface area contributed by atoms with Crippen LogP contribution in [0.2, 0.25) is 0 Å². The van der Waals surface area contributed by atoms with Crippen LogP contribution in [-0.4, -0.2) is 23.9 Å². The molecular formula is C15H12N2Se. The van der Waals surface area contributed by atoms with Gasteiger partial charge in [-0.15, -0.1) is 0 Å². The van der Waals surface area contributed by atoms with Crippen LogP contribution in [0.1, 0.15) is 15.6 Å². The molecule has 0 saturated carbocycles. The predicted molar refractivity (Wildman–Crippen MR) is 74.1 cm³/mol. The fourth-order valence-corrected chi connectivity index (χ4v) is 4.28. The van der Waals surface area contributed by atoms with E-state index in [0.29, 0.717) is 0 Å². The van der Waals surface area contributed by atoms with Gasteiger partial charge in [-0.05, 0) is 0 Å². The molecule has 0 spiro atoms. The van der Waals surface area contributed by atoms with Gasteiger partial charge in [-0.25, -0.2) is 0 Å². The quantitative estimate of drug-likeness (QED) is 0.597. The number of nitrogens with zero attached hydrogens (tertiary/aromatic N) is 2. The van der Waals surface area contributed by atoms with E-state index in [1.165, 1.54) is 37.6 Å². The van der Waals surface area contributed by atoms with Crippen molar-refractivity contribution in [2.75, 3.05) is 0 Å². The molecule has 3 heteroatoms. The van der Waals surface area contributed by atoms with Gasteiger partial charge < -0.3 is 0 Å². The summed E-state index contributed by atoms with van der Waals surface area (Å²) in [5.41, 5.74) is 5.31. The van der Waals surface area contributed by atoms with Crippen molar-refractivity contribution in [1.29, 1.82) is 0 Å². The summed E-state index contributed by atoms with van der Waals surface area (Å²) in [4.78, 5) is 0. The maximum atomic E-state index is 4.38. The minimum atomic E-state index is 0.257. The van der Waals surface area contributed by atoms with E-state index in [9.17, 15) is 0 Å². The van der Waals surface area contributed by atoms with E-state index in [4.69, 9.17) is 0 Å². The number of aryl methyl sites for hydroxylation is 3. The molecule has 0 bridgehead atoms. The Morgan fingerprint density at radius 1 is 1.11 bits per heavy atom. The Bertz CT molecular complexity index is 758. The van der Waals surface area contributed by atoms with Gasteiger partial charge in [0, 0.05) is 0 Å². The molecule has 0 saturated heterocycles. The van der Waals surface area contributed by atoms with Gasteiger partial charge in [0.25, 0.3) is 0 Å². The molecule has 0 N–H and O–H groups in total. The normalized spacial score (nSPS) is 13.4. The van der Waals surface area contributed by atoms with Crippen molar-refractivity contribution in [1.82, 2.24) is 9.19 Å². The summed E-state index contributed by atoms with van der Waals surface area (Å²) < 4.78 is 5.73. The first-order valence-corrected chi connectivity index (χ1v) is 7.79. The van der Waals surface area contributed by atoms with Gasteiger partial charge in [-0.1, -0.05) is 0 Å². The van der Waals surface area contributed by atoms with Crippen LogP contribution in [0.25, 0.3) is 22.0 Å². The molecule has 4 rings (SSSR count). The molecule has 1 aliphatic carbocycles. The van der Waals surface area contributed by atoms with Crippen LogP contribution >= 0.6 is 0 Å². The predicted octanol–water partition coefficient (Wildman–Crippen LogP) is 2.76. The molecule has 0 radical (unpaired) electrons. The number of hydrogen-bond acceptors (Lipinski definition) is 2. The van der Waals surface area contributed by atoms with Gasteiger partial charge in [0.1, 0.15) is 0 Å². The molecule has 18 heavy (non-hydrogen) atoms. The second kappa shape index (κ2) is 3.77. The molecule has 1 aliphatic rings. The molecule has 0 amide bonds. The first-order chi connectivity index (χ1) is 8.84. The topological polar surface area (TPSA) is 25.8 Å². The van der Waals surface area contributed by atoms with Crippen molar-refractivity contribution in [3.8, 4) is 11.3 Å². The van der Waals surface area contributed by atoms with Crippen LogP contribution in [-0.2, 0) is 12.8 Å². The Kier molecular flexibility index (Phi) is 2.20. The zero-order valence-corrected chi connectivity index (χ0v) is 11.8. The van der Waals surface area contributed by atoms with Crippen molar-refractivity contribution in [2.45, 2.75) is 19.8 Å². The summed E-state index contributed by atoms with van der Waals surface area (Å²) in [5, 5.41) is 7.15. The summed E-state index contributed by atoms with van der Waals surface area (Å²) in [7, 11) is 0. The Morgan fingerprint density at radius 2 is 1.94 bits per heavy atom. The van der Waals surface area contributed by atoms with Gasteiger partial charge >= 0.3 is 112 Å². The van der Waals surface area contributed by atoms with Gasteiger partial charge in [-0.2, -0.15) is 0 Å².